The topological polar surface area (TPSA) is 83.1 Å². The maximum Gasteiger partial charge on any atom is 0.257 e. The molecule has 6 rings (SSSR count). The lowest BCUT2D eigenvalue weighted by Crippen LogP contribution is -2.46. The molecule has 3 aliphatic rings. The van der Waals surface area contributed by atoms with Crippen molar-refractivity contribution in [2.75, 3.05) is 61.6 Å². The van der Waals surface area contributed by atoms with E-state index in [0.717, 1.165) is 56.1 Å². The summed E-state index contributed by atoms with van der Waals surface area (Å²) in [5.74, 6) is -1.60. The lowest BCUT2D eigenvalue weighted by atomic mass is 9.83. The zero-order chi connectivity index (χ0) is 30.5. The van der Waals surface area contributed by atoms with Gasteiger partial charge in [0, 0.05) is 56.0 Å². The number of nitrogens with one attached hydrogen (secondary N) is 2. The molecule has 3 aromatic carbocycles. The van der Waals surface area contributed by atoms with Crippen LogP contribution >= 0.6 is 0 Å². The molecule has 2 N–H and O–H groups in total. The lowest BCUT2D eigenvalue weighted by molar-refractivity contribution is -0.123. The normalized spacial score (nSPS) is 21.1. The van der Waals surface area contributed by atoms with Crippen LogP contribution in [0.1, 0.15) is 53.2 Å². The van der Waals surface area contributed by atoms with Gasteiger partial charge >= 0.3 is 0 Å². The fourth-order valence-corrected chi connectivity index (χ4v) is 6.65. The highest BCUT2D eigenvalue weighted by molar-refractivity contribution is 5.98. The zero-order valence-corrected chi connectivity index (χ0v) is 25.3. The number of morpholine rings is 1. The molecule has 0 saturated carbocycles. The molecule has 3 aromatic rings. The summed E-state index contributed by atoms with van der Waals surface area (Å²) in [7, 11) is 0. The zero-order valence-electron chi connectivity index (χ0n) is 25.3. The van der Waals surface area contributed by atoms with Crippen LogP contribution in [0.4, 0.5) is 21.5 Å². The number of halogens is 1. The van der Waals surface area contributed by atoms with Gasteiger partial charge in [-0.1, -0.05) is 30.3 Å². The van der Waals surface area contributed by atoms with Crippen LogP contribution in [0, 0.1) is 18.7 Å². The van der Waals surface area contributed by atoms with E-state index in [4.69, 9.17) is 9.47 Å². The van der Waals surface area contributed by atoms with E-state index in [2.05, 4.69) is 15.5 Å². The smallest absolute Gasteiger partial charge is 0.257 e. The predicted molar refractivity (Wildman–Crippen MR) is 170 cm³/mol. The fourth-order valence-electron chi connectivity index (χ4n) is 6.65. The van der Waals surface area contributed by atoms with E-state index in [-0.39, 0.29) is 17.4 Å². The van der Waals surface area contributed by atoms with Crippen LogP contribution < -0.4 is 15.5 Å². The SMILES string of the molecule is Cc1cccc(F)c1C(=O)N1CCCC(C(=O)Nc2cccc(N3CCOCC3)c2)C1c1ccc(NC2CCOCC2)cc1. The second kappa shape index (κ2) is 13.8. The van der Waals surface area contributed by atoms with E-state index in [1.165, 1.54) is 6.07 Å². The molecule has 0 radical (unpaired) electrons. The third-order valence-corrected chi connectivity index (χ3v) is 9.00. The van der Waals surface area contributed by atoms with Crippen LogP contribution in [0.25, 0.3) is 0 Å². The Hall–Kier alpha value is -3.95. The third-order valence-electron chi connectivity index (χ3n) is 9.00. The van der Waals surface area contributed by atoms with Crippen molar-refractivity contribution in [3.05, 3.63) is 89.2 Å². The van der Waals surface area contributed by atoms with Crippen LogP contribution in [0.2, 0.25) is 0 Å². The monoisotopic (exact) mass is 600 g/mol. The van der Waals surface area contributed by atoms with Crippen LogP contribution in [-0.4, -0.2) is 68.8 Å². The van der Waals surface area contributed by atoms with Crippen molar-refractivity contribution in [1.82, 2.24) is 4.90 Å². The summed E-state index contributed by atoms with van der Waals surface area (Å²) < 4.78 is 26.0. The van der Waals surface area contributed by atoms with Crippen LogP contribution in [-0.2, 0) is 14.3 Å². The van der Waals surface area contributed by atoms with Crippen molar-refractivity contribution in [2.45, 2.75) is 44.7 Å². The predicted octanol–water partition coefficient (Wildman–Crippen LogP) is 5.79. The molecule has 8 nitrogen and oxygen atoms in total. The molecular formula is C35H41FN4O4. The maximum absolute atomic E-state index is 15.0. The summed E-state index contributed by atoms with van der Waals surface area (Å²) in [5.41, 5.74) is 4.23. The molecule has 0 bridgehead atoms. The first-order chi connectivity index (χ1) is 21.5. The van der Waals surface area contributed by atoms with Gasteiger partial charge < -0.3 is 29.9 Å². The number of aryl methyl sites for hydroxylation is 1. The Balaban J connectivity index is 1.28. The molecule has 9 heteroatoms. The van der Waals surface area contributed by atoms with Gasteiger partial charge in [-0.2, -0.15) is 0 Å². The number of ether oxygens (including phenoxy) is 2. The average molecular weight is 601 g/mol. The van der Waals surface area contributed by atoms with E-state index < -0.39 is 17.8 Å². The Morgan fingerprint density at radius 2 is 1.57 bits per heavy atom. The van der Waals surface area contributed by atoms with E-state index in [0.29, 0.717) is 49.9 Å². The minimum atomic E-state index is -0.546. The summed E-state index contributed by atoms with van der Waals surface area (Å²) >= 11 is 0. The first kappa shape index (κ1) is 30.1. The van der Waals surface area contributed by atoms with Crippen molar-refractivity contribution in [2.24, 2.45) is 5.92 Å². The molecule has 3 fully saturated rings. The Morgan fingerprint density at radius 1 is 0.841 bits per heavy atom. The van der Waals surface area contributed by atoms with Crippen molar-refractivity contribution in [3.63, 3.8) is 0 Å². The van der Waals surface area contributed by atoms with E-state index >= 15 is 4.39 Å². The van der Waals surface area contributed by atoms with Crippen molar-refractivity contribution >= 4 is 28.9 Å². The van der Waals surface area contributed by atoms with Gasteiger partial charge in [-0.05, 0) is 80.1 Å². The fraction of sp³-hybridized carbons (Fsp3) is 0.429. The lowest BCUT2D eigenvalue weighted by Gasteiger charge is -2.41. The first-order valence-corrected chi connectivity index (χ1v) is 15.7. The number of amides is 2. The highest BCUT2D eigenvalue weighted by Gasteiger charge is 2.40. The molecule has 0 spiro atoms. The quantitative estimate of drug-likeness (QED) is 0.357. The van der Waals surface area contributed by atoms with Gasteiger partial charge in [0.25, 0.3) is 5.91 Å². The molecule has 3 heterocycles. The molecule has 3 saturated heterocycles. The van der Waals surface area contributed by atoms with Crippen LogP contribution in [0.3, 0.4) is 0 Å². The molecule has 3 aliphatic heterocycles. The number of hydrogen-bond donors (Lipinski definition) is 2. The number of nitrogens with zero attached hydrogens (tertiary/aromatic N) is 2. The van der Waals surface area contributed by atoms with Gasteiger partial charge in [0.05, 0.1) is 30.7 Å². The van der Waals surface area contributed by atoms with Crippen molar-refractivity contribution in [3.8, 4) is 0 Å². The molecule has 232 valence electrons. The Labute approximate surface area is 258 Å². The molecule has 2 atom stereocenters. The molecule has 2 unspecified atom stereocenters. The first-order valence-electron chi connectivity index (χ1n) is 15.7. The summed E-state index contributed by atoms with van der Waals surface area (Å²) in [6.07, 6.45) is 3.15. The van der Waals surface area contributed by atoms with Gasteiger partial charge in [0.15, 0.2) is 0 Å². The van der Waals surface area contributed by atoms with E-state index in [9.17, 15) is 9.59 Å². The number of hydrogen-bond acceptors (Lipinski definition) is 6. The molecular weight excluding hydrogens is 559 g/mol. The summed E-state index contributed by atoms with van der Waals surface area (Å²) in [6, 6.07) is 20.3. The summed E-state index contributed by atoms with van der Waals surface area (Å²) in [6.45, 7) is 6.63. The van der Waals surface area contributed by atoms with Crippen LogP contribution in [0.15, 0.2) is 66.7 Å². The number of piperidine rings is 1. The second-order valence-electron chi connectivity index (χ2n) is 11.9. The van der Waals surface area contributed by atoms with Crippen LogP contribution in [0.5, 0.6) is 0 Å². The van der Waals surface area contributed by atoms with Crippen molar-refractivity contribution < 1.29 is 23.5 Å². The molecule has 0 aromatic heterocycles. The molecule has 2 amide bonds. The summed E-state index contributed by atoms with van der Waals surface area (Å²) in [4.78, 5) is 32.0. The molecule has 44 heavy (non-hydrogen) atoms. The number of anilines is 3. The largest absolute Gasteiger partial charge is 0.382 e. The summed E-state index contributed by atoms with van der Waals surface area (Å²) in [5, 5.41) is 6.73. The number of carbonyl (C=O) groups is 2. The Morgan fingerprint density at radius 3 is 2.32 bits per heavy atom. The molecule has 0 aliphatic carbocycles. The minimum absolute atomic E-state index is 0.0644. The second-order valence-corrected chi connectivity index (χ2v) is 11.9. The highest BCUT2D eigenvalue weighted by atomic mass is 19.1. The number of likely N-dealkylation sites (tertiary alicyclic amines) is 1. The standard InChI is InChI=1S/C35H41FN4O4/c1-24-5-2-9-31(36)32(24)35(42)40-16-4-8-30(33(40)25-10-12-26(13-11-25)37-27-14-19-43-20-15-27)34(41)38-28-6-3-7-29(23-28)39-17-21-44-22-18-39/h2-3,5-7,9-13,23,27,30,33,37H,4,8,14-22H2,1H3,(H,38,41). The average Bonchev–Trinajstić information content (AvgIpc) is 3.06. The Kier molecular flexibility index (Phi) is 9.43. The minimum Gasteiger partial charge on any atom is -0.382 e. The maximum atomic E-state index is 15.0. The highest BCUT2D eigenvalue weighted by Crippen LogP contribution is 2.39. The van der Waals surface area contributed by atoms with Gasteiger partial charge in [-0.15, -0.1) is 0 Å². The Bertz CT molecular complexity index is 1430. The van der Waals surface area contributed by atoms with Gasteiger partial charge in [-0.3, -0.25) is 9.59 Å². The van der Waals surface area contributed by atoms with Crippen molar-refractivity contribution in [1.29, 1.82) is 0 Å². The van der Waals surface area contributed by atoms with E-state index in [1.807, 2.05) is 48.5 Å². The van der Waals surface area contributed by atoms with Gasteiger partial charge in [0.2, 0.25) is 5.91 Å². The number of benzene rings is 3. The van der Waals surface area contributed by atoms with Gasteiger partial charge in [-0.25, -0.2) is 4.39 Å². The third kappa shape index (κ3) is 6.74. The van der Waals surface area contributed by atoms with E-state index in [1.54, 1.807) is 24.0 Å². The van der Waals surface area contributed by atoms with Gasteiger partial charge in [0.1, 0.15) is 5.82 Å². The number of carbonyl (C=O) groups excluding carboxylic acids is 2. The number of rotatable bonds is 7.